The Morgan fingerprint density at radius 1 is 0.429 bits per heavy atom. The number of benzene rings is 5. The van der Waals surface area contributed by atoms with Gasteiger partial charge in [0.2, 0.25) is 0 Å². The second-order valence-corrected chi connectivity index (χ2v) is 9.49. The molecule has 0 aliphatic heterocycles. The van der Waals surface area contributed by atoms with Crippen molar-refractivity contribution in [3.8, 4) is 0 Å². The Bertz CT molecular complexity index is 1690. The molecule has 5 aromatic carbocycles. The number of hydrogen-bond donors (Lipinski definition) is 4. The maximum Gasteiger partial charge on any atom is 0.255 e. The monoisotopic (exact) mass is 554 g/mol. The zero-order valence-electron chi connectivity index (χ0n) is 22.3. The number of hydrogen-bond acceptors (Lipinski definition) is 6. The highest BCUT2D eigenvalue weighted by Gasteiger charge is 2.20. The van der Waals surface area contributed by atoms with Crippen molar-refractivity contribution >= 4 is 46.1 Å². The highest BCUT2D eigenvalue weighted by atomic mass is 16.2. The van der Waals surface area contributed by atoms with Crippen molar-refractivity contribution in [2.75, 3.05) is 22.1 Å². The molecule has 5 rings (SSSR count). The molecule has 0 aromatic heterocycles. The highest BCUT2D eigenvalue weighted by Crippen LogP contribution is 2.26. The molecule has 8 nitrogen and oxygen atoms in total. The lowest BCUT2D eigenvalue weighted by Crippen LogP contribution is -2.16. The van der Waals surface area contributed by atoms with Gasteiger partial charge < -0.3 is 22.1 Å². The van der Waals surface area contributed by atoms with Gasteiger partial charge >= 0.3 is 0 Å². The topological polar surface area (TPSA) is 144 Å². The standard InChI is InChI=1S/C34H26N4O4/c35-25-14-16-27(29(19-25)37-33(41)21-8-3-1-4-9-21)31(39)23-12-7-13-24(18-23)32(40)28-17-15-26(36)20-30(28)38-34(42)22-10-5-2-6-11-22/h1-20H,35-36H2,(H,37,41)(H,38,42). The Hall–Kier alpha value is -6.02. The van der Waals surface area contributed by atoms with Crippen molar-refractivity contribution in [2.24, 2.45) is 0 Å². The molecule has 0 atom stereocenters. The number of nitrogens with two attached hydrogens (primary N) is 2. The molecule has 5 aromatic rings. The van der Waals surface area contributed by atoms with E-state index in [0.717, 1.165) is 0 Å². The Kier molecular flexibility index (Phi) is 7.88. The summed E-state index contributed by atoms with van der Waals surface area (Å²) in [5, 5.41) is 5.53. The fraction of sp³-hybridized carbons (Fsp3) is 0. The van der Waals surface area contributed by atoms with Gasteiger partial charge in [0.05, 0.1) is 11.4 Å². The quantitative estimate of drug-likeness (QED) is 0.141. The number of rotatable bonds is 8. The van der Waals surface area contributed by atoms with Crippen molar-refractivity contribution in [2.45, 2.75) is 0 Å². The molecule has 0 spiro atoms. The number of nitrogen functional groups attached to an aromatic ring is 2. The van der Waals surface area contributed by atoms with Gasteiger partial charge in [-0.15, -0.1) is 0 Å². The number of nitrogens with one attached hydrogen (secondary N) is 2. The van der Waals surface area contributed by atoms with E-state index in [9.17, 15) is 19.2 Å². The predicted molar refractivity (Wildman–Crippen MR) is 164 cm³/mol. The average molecular weight is 555 g/mol. The highest BCUT2D eigenvalue weighted by molar-refractivity contribution is 6.19. The van der Waals surface area contributed by atoms with Gasteiger partial charge in [-0.05, 0) is 66.7 Å². The van der Waals surface area contributed by atoms with Crippen LogP contribution in [0.1, 0.15) is 52.6 Å². The molecule has 0 aliphatic carbocycles. The van der Waals surface area contributed by atoms with Crippen LogP contribution in [0.5, 0.6) is 0 Å². The summed E-state index contributed by atoms with van der Waals surface area (Å²) in [6.07, 6.45) is 0. The number of amides is 2. The summed E-state index contributed by atoms with van der Waals surface area (Å²) in [6, 6.07) is 32.6. The third-order valence-electron chi connectivity index (χ3n) is 6.53. The smallest absolute Gasteiger partial charge is 0.255 e. The van der Waals surface area contributed by atoms with Crippen LogP contribution in [-0.2, 0) is 0 Å². The van der Waals surface area contributed by atoms with Crippen LogP contribution in [0.3, 0.4) is 0 Å². The Balaban J connectivity index is 1.44. The van der Waals surface area contributed by atoms with Gasteiger partial charge in [-0.3, -0.25) is 19.2 Å². The second-order valence-electron chi connectivity index (χ2n) is 9.49. The zero-order chi connectivity index (χ0) is 29.6. The lowest BCUT2D eigenvalue weighted by atomic mass is 9.95. The van der Waals surface area contributed by atoms with Gasteiger partial charge in [0.25, 0.3) is 11.8 Å². The number of anilines is 4. The van der Waals surface area contributed by atoms with Gasteiger partial charge in [0, 0.05) is 44.8 Å². The third kappa shape index (κ3) is 6.08. The Labute approximate surface area is 242 Å². The van der Waals surface area contributed by atoms with Crippen LogP contribution in [0.2, 0.25) is 0 Å². The average Bonchev–Trinajstić information content (AvgIpc) is 3.01. The minimum Gasteiger partial charge on any atom is -0.399 e. The Morgan fingerprint density at radius 2 is 0.810 bits per heavy atom. The molecular formula is C34H26N4O4. The zero-order valence-corrected chi connectivity index (χ0v) is 22.3. The van der Waals surface area contributed by atoms with E-state index in [1.165, 1.54) is 30.3 Å². The van der Waals surface area contributed by atoms with Crippen LogP contribution in [0.25, 0.3) is 0 Å². The largest absolute Gasteiger partial charge is 0.399 e. The molecule has 8 heteroatoms. The van der Waals surface area contributed by atoms with E-state index in [4.69, 9.17) is 11.5 Å². The molecule has 0 aliphatic rings. The first-order valence-electron chi connectivity index (χ1n) is 13.0. The summed E-state index contributed by atoms with van der Waals surface area (Å²) in [6.45, 7) is 0. The van der Waals surface area contributed by atoms with Gasteiger partial charge in [-0.2, -0.15) is 0 Å². The lowest BCUT2D eigenvalue weighted by molar-refractivity contribution is 0.101. The minimum absolute atomic E-state index is 0.210. The number of carbonyl (C=O) groups is 4. The normalized spacial score (nSPS) is 10.5. The van der Waals surface area contributed by atoms with Gasteiger partial charge in [-0.1, -0.05) is 54.6 Å². The van der Waals surface area contributed by atoms with E-state index < -0.39 is 23.4 Å². The van der Waals surface area contributed by atoms with Crippen LogP contribution in [0.15, 0.2) is 121 Å². The number of ketones is 2. The van der Waals surface area contributed by atoms with E-state index in [1.807, 2.05) is 0 Å². The first kappa shape index (κ1) is 27.5. The minimum atomic E-state index is -0.414. The van der Waals surface area contributed by atoms with Crippen molar-refractivity contribution in [1.29, 1.82) is 0 Å². The van der Waals surface area contributed by atoms with Gasteiger partial charge in [0.15, 0.2) is 11.6 Å². The summed E-state index contributed by atoms with van der Waals surface area (Å²) in [5.41, 5.74) is 14.9. The summed E-state index contributed by atoms with van der Waals surface area (Å²) < 4.78 is 0. The second kappa shape index (κ2) is 12.0. The van der Waals surface area contributed by atoms with Crippen molar-refractivity contribution < 1.29 is 19.2 Å². The van der Waals surface area contributed by atoms with Crippen LogP contribution in [0.4, 0.5) is 22.7 Å². The maximum atomic E-state index is 13.6. The lowest BCUT2D eigenvalue weighted by Gasteiger charge is -2.13. The van der Waals surface area contributed by atoms with Crippen molar-refractivity contribution in [1.82, 2.24) is 0 Å². The molecule has 42 heavy (non-hydrogen) atoms. The SMILES string of the molecule is Nc1ccc(C(=O)c2cccc(C(=O)c3ccc(N)cc3NC(=O)c3ccccc3)c2)c(NC(=O)c2ccccc2)c1. The predicted octanol–water partition coefficient (Wildman–Crippen LogP) is 5.82. The molecule has 2 amide bonds. The summed E-state index contributed by atoms with van der Waals surface area (Å²) in [5.74, 6) is -1.62. The molecule has 0 heterocycles. The van der Waals surface area contributed by atoms with E-state index >= 15 is 0 Å². The van der Waals surface area contributed by atoms with Crippen LogP contribution in [0, 0.1) is 0 Å². The summed E-state index contributed by atoms with van der Waals surface area (Å²) in [7, 11) is 0. The van der Waals surface area contributed by atoms with Crippen molar-refractivity contribution in [3.63, 3.8) is 0 Å². The third-order valence-corrected chi connectivity index (χ3v) is 6.53. The van der Waals surface area contributed by atoms with Gasteiger partial charge in [-0.25, -0.2) is 0 Å². The van der Waals surface area contributed by atoms with Crippen LogP contribution >= 0.6 is 0 Å². The molecule has 6 N–H and O–H groups in total. The molecule has 0 bridgehead atoms. The van der Waals surface area contributed by atoms with Gasteiger partial charge in [0.1, 0.15) is 0 Å². The number of carbonyl (C=O) groups excluding carboxylic acids is 4. The first-order valence-corrected chi connectivity index (χ1v) is 13.0. The molecule has 0 saturated heterocycles. The molecule has 0 radical (unpaired) electrons. The molecule has 0 unspecified atom stereocenters. The summed E-state index contributed by atoms with van der Waals surface area (Å²) >= 11 is 0. The molecule has 0 fully saturated rings. The van der Waals surface area contributed by atoms with E-state index in [2.05, 4.69) is 10.6 Å². The van der Waals surface area contributed by atoms with E-state index in [0.29, 0.717) is 22.5 Å². The van der Waals surface area contributed by atoms with Crippen molar-refractivity contribution in [3.05, 3.63) is 155 Å². The summed E-state index contributed by atoms with van der Waals surface area (Å²) in [4.78, 5) is 52.9. The fourth-order valence-corrected chi connectivity index (χ4v) is 4.41. The van der Waals surface area contributed by atoms with Crippen LogP contribution < -0.4 is 22.1 Å². The van der Waals surface area contributed by atoms with E-state index in [1.54, 1.807) is 91.0 Å². The van der Waals surface area contributed by atoms with E-state index in [-0.39, 0.29) is 33.6 Å². The first-order chi connectivity index (χ1) is 20.3. The maximum absolute atomic E-state index is 13.6. The Morgan fingerprint density at radius 3 is 1.21 bits per heavy atom. The molecule has 206 valence electrons. The molecular weight excluding hydrogens is 528 g/mol. The molecule has 0 saturated carbocycles. The van der Waals surface area contributed by atoms with Crippen LogP contribution in [-0.4, -0.2) is 23.4 Å². The fourth-order valence-electron chi connectivity index (χ4n) is 4.41.